The van der Waals surface area contributed by atoms with Crippen molar-refractivity contribution in [3.8, 4) is 0 Å². The molecule has 1 aromatic carbocycles. The maximum Gasteiger partial charge on any atom is 0.108 e. The smallest absolute Gasteiger partial charge is 0.108 e. The van der Waals surface area contributed by atoms with Crippen LogP contribution in [0.4, 0.5) is 0 Å². The minimum absolute atomic E-state index is 0.590. The molecule has 0 bridgehead atoms. The number of imidazole rings is 1. The highest BCUT2D eigenvalue weighted by Crippen LogP contribution is 2.33. The second-order valence-electron chi connectivity index (χ2n) is 5.77. The van der Waals surface area contributed by atoms with Gasteiger partial charge < -0.3 is 9.67 Å². The second kappa shape index (κ2) is 5.34. The molecule has 3 nitrogen and oxygen atoms in total. The van der Waals surface area contributed by atoms with E-state index in [9.17, 15) is 5.11 Å². The Kier molecular flexibility index (Phi) is 3.69. The van der Waals surface area contributed by atoms with Crippen LogP contribution >= 0.6 is 15.9 Å². The molecule has 0 fully saturated rings. The van der Waals surface area contributed by atoms with Gasteiger partial charge in [0.2, 0.25) is 0 Å². The average molecular weight is 335 g/mol. The maximum atomic E-state index is 10.8. The molecule has 0 radical (unpaired) electrons. The van der Waals surface area contributed by atoms with Gasteiger partial charge in [0.05, 0.1) is 5.60 Å². The molecular formula is C16H19BrN2O. The maximum absolute atomic E-state index is 10.8. The lowest BCUT2D eigenvalue weighted by molar-refractivity contribution is 0.0176. The molecule has 4 heteroatoms. The lowest BCUT2D eigenvalue weighted by Crippen LogP contribution is -2.36. The Morgan fingerprint density at radius 3 is 3.00 bits per heavy atom. The molecule has 0 spiro atoms. The van der Waals surface area contributed by atoms with Gasteiger partial charge in [-0.3, -0.25) is 0 Å². The number of fused-ring (bicyclic) bond motifs is 1. The Morgan fingerprint density at radius 1 is 1.40 bits per heavy atom. The number of aryl methyl sites for hydroxylation is 3. The SMILES string of the molecule is Cn1ccnc1CCC1(O)CCc2cc(Br)ccc2C1. The topological polar surface area (TPSA) is 38.0 Å². The molecule has 0 saturated carbocycles. The summed E-state index contributed by atoms with van der Waals surface area (Å²) in [5, 5.41) is 10.8. The number of nitrogens with zero attached hydrogens (tertiary/aromatic N) is 2. The molecule has 0 aliphatic heterocycles. The summed E-state index contributed by atoms with van der Waals surface area (Å²) in [6, 6.07) is 6.36. The van der Waals surface area contributed by atoms with Crippen LogP contribution in [-0.2, 0) is 26.3 Å². The van der Waals surface area contributed by atoms with Crippen molar-refractivity contribution in [2.45, 2.75) is 37.7 Å². The zero-order valence-corrected chi connectivity index (χ0v) is 13.2. The van der Waals surface area contributed by atoms with Gasteiger partial charge in [-0.25, -0.2) is 4.98 Å². The fourth-order valence-corrected chi connectivity index (χ4v) is 3.41. The van der Waals surface area contributed by atoms with Gasteiger partial charge >= 0.3 is 0 Å². The van der Waals surface area contributed by atoms with Crippen LogP contribution in [0.2, 0.25) is 0 Å². The highest BCUT2D eigenvalue weighted by molar-refractivity contribution is 9.10. The van der Waals surface area contributed by atoms with Gasteiger partial charge in [-0.05, 0) is 42.5 Å². The second-order valence-corrected chi connectivity index (χ2v) is 6.68. The van der Waals surface area contributed by atoms with Gasteiger partial charge in [-0.15, -0.1) is 0 Å². The molecule has 0 saturated heterocycles. The molecule has 20 heavy (non-hydrogen) atoms. The first kappa shape index (κ1) is 13.8. The van der Waals surface area contributed by atoms with Crippen molar-refractivity contribution in [3.05, 3.63) is 52.0 Å². The van der Waals surface area contributed by atoms with Gasteiger partial charge in [0.15, 0.2) is 0 Å². The largest absolute Gasteiger partial charge is 0.390 e. The van der Waals surface area contributed by atoms with Crippen molar-refractivity contribution < 1.29 is 5.11 Å². The lowest BCUT2D eigenvalue weighted by Gasteiger charge is -2.33. The van der Waals surface area contributed by atoms with E-state index >= 15 is 0 Å². The van der Waals surface area contributed by atoms with Crippen molar-refractivity contribution >= 4 is 15.9 Å². The monoisotopic (exact) mass is 334 g/mol. The highest BCUT2D eigenvalue weighted by atomic mass is 79.9. The van der Waals surface area contributed by atoms with Gasteiger partial charge in [0.25, 0.3) is 0 Å². The molecule has 1 atom stereocenters. The van der Waals surface area contributed by atoms with Crippen molar-refractivity contribution in [1.82, 2.24) is 9.55 Å². The molecule has 1 unspecified atom stereocenters. The van der Waals surface area contributed by atoms with Crippen LogP contribution in [-0.4, -0.2) is 20.3 Å². The predicted molar refractivity (Wildman–Crippen MR) is 82.6 cm³/mol. The van der Waals surface area contributed by atoms with Crippen LogP contribution in [0.25, 0.3) is 0 Å². The number of aliphatic hydroxyl groups is 1. The summed E-state index contributed by atoms with van der Waals surface area (Å²) in [6.07, 6.45) is 7.89. The molecular weight excluding hydrogens is 316 g/mol. The van der Waals surface area contributed by atoms with Crippen molar-refractivity contribution in [1.29, 1.82) is 0 Å². The van der Waals surface area contributed by atoms with Crippen LogP contribution < -0.4 is 0 Å². The Balaban J connectivity index is 1.71. The Bertz CT molecular complexity index is 623. The van der Waals surface area contributed by atoms with E-state index in [1.54, 1.807) is 0 Å². The molecule has 1 aliphatic rings. The fourth-order valence-electron chi connectivity index (χ4n) is 3.01. The third kappa shape index (κ3) is 2.81. The molecule has 1 aliphatic carbocycles. The minimum Gasteiger partial charge on any atom is -0.390 e. The number of aromatic nitrogens is 2. The van der Waals surface area contributed by atoms with E-state index in [1.165, 1.54) is 11.1 Å². The fraction of sp³-hybridized carbons (Fsp3) is 0.438. The van der Waals surface area contributed by atoms with Gasteiger partial charge in [-0.2, -0.15) is 0 Å². The van der Waals surface area contributed by atoms with E-state index in [2.05, 4.69) is 39.1 Å². The van der Waals surface area contributed by atoms with Crippen molar-refractivity contribution in [2.75, 3.05) is 0 Å². The molecule has 1 N–H and O–H groups in total. The van der Waals surface area contributed by atoms with Crippen LogP contribution in [0.3, 0.4) is 0 Å². The summed E-state index contributed by atoms with van der Waals surface area (Å²) < 4.78 is 3.15. The number of hydrogen-bond acceptors (Lipinski definition) is 2. The Morgan fingerprint density at radius 2 is 2.25 bits per heavy atom. The van der Waals surface area contributed by atoms with E-state index in [0.29, 0.717) is 0 Å². The number of hydrogen-bond donors (Lipinski definition) is 1. The molecule has 3 rings (SSSR count). The zero-order valence-electron chi connectivity index (χ0n) is 11.6. The molecule has 2 aromatic rings. The quantitative estimate of drug-likeness (QED) is 0.936. The first-order valence-corrected chi connectivity index (χ1v) is 7.81. The van der Waals surface area contributed by atoms with Crippen LogP contribution in [0.15, 0.2) is 35.1 Å². The summed E-state index contributed by atoms with van der Waals surface area (Å²) in [5.74, 6) is 1.04. The van der Waals surface area contributed by atoms with Crippen LogP contribution in [0, 0.1) is 0 Å². The summed E-state index contributed by atoms with van der Waals surface area (Å²) >= 11 is 3.51. The van der Waals surface area contributed by atoms with Crippen molar-refractivity contribution in [3.63, 3.8) is 0 Å². The summed E-state index contributed by atoms with van der Waals surface area (Å²) in [4.78, 5) is 4.33. The average Bonchev–Trinajstić information content (AvgIpc) is 2.83. The van der Waals surface area contributed by atoms with Gasteiger partial charge in [0, 0.05) is 36.8 Å². The van der Waals surface area contributed by atoms with Crippen LogP contribution in [0.1, 0.15) is 29.8 Å². The third-order valence-electron chi connectivity index (χ3n) is 4.28. The normalized spacial score (nSPS) is 21.8. The minimum atomic E-state index is -0.590. The Hall–Kier alpha value is -1.13. The summed E-state index contributed by atoms with van der Waals surface area (Å²) in [6.45, 7) is 0. The first-order chi connectivity index (χ1) is 9.56. The molecule has 1 aromatic heterocycles. The molecule has 0 amide bonds. The van der Waals surface area contributed by atoms with Gasteiger partial charge in [-0.1, -0.05) is 22.0 Å². The first-order valence-electron chi connectivity index (χ1n) is 7.02. The molecule has 106 valence electrons. The van der Waals surface area contributed by atoms with Crippen LogP contribution in [0.5, 0.6) is 0 Å². The lowest BCUT2D eigenvalue weighted by atomic mass is 9.78. The van der Waals surface area contributed by atoms with E-state index in [-0.39, 0.29) is 0 Å². The van der Waals surface area contributed by atoms with E-state index < -0.39 is 5.60 Å². The van der Waals surface area contributed by atoms with Gasteiger partial charge in [0.1, 0.15) is 5.82 Å². The number of halogens is 1. The predicted octanol–water partition coefficient (Wildman–Crippen LogP) is 3.04. The summed E-state index contributed by atoms with van der Waals surface area (Å²) in [7, 11) is 2.00. The summed E-state index contributed by atoms with van der Waals surface area (Å²) in [5.41, 5.74) is 2.05. The Labute approximate surface area is 127 Å². The number of rotatable bonds is 3. The molecule has 1 heterocycles. The third-order valence-corrected chi connectivity index (χ3v) is 4.78. The van der Waals surface area contributed by atoms with E-state index in [0.717, 1.165) is 42.4 Å². The standard InChI is InChI=1S/C16H19BrN2O/c1-19-9-8-18-15(19)5-7-16(20)6-4-12-10-14(17)3-2-13(12)11-16/h2-3,8-10,20H,4-7,11H2,1H3. The van der Waals surface area contributed by atoms with Crippen molar-refractivity contribution in [2.24, 2.45) is 7.05 Å². The highest BCUT2D eigenvalue weighted by Gasteiger charge is 2.32. The van der Waals surface area contributed by atoms with E-state index in [1.807, 2.05) is 24.0 Å². The number of benzene rings is 1. The zero-order chi connectivity index (χ0) is 14.2. The van der Waals surface area contributed by atoms with E-state index in [4.69, 9.17) is 0 Å².